The average Bonchev–Trinajstić information content (AvgIpc) is 2.50. The van der Waals surface area contributed by atoms with Gasteiger partial charge in [0.25, 0.3) is 0 Å². The van der Waals surface area contributed by atoms with Gasteiger partial charge in [-0.1, -0.05) is 30.4 Å². The maximum absolute atomic E-state index is 4.37. The molecule has 62 valence electrons. The van der Waals surface area contributed by atoms with Gasteiger partial charge in [0.15, 0.2) is 0 Å². The van der Waals surface area contributed by atoms with Crippen molar-refractivity contribution in [1.29, 1.82) is 0 Å². The molecule has 0 fully saturated rings. The molecule has 0 atom stereocenters. The summed E-state index contributed by atoms with van der Waals surface area (Å²) in [4.78, 5) is 1.03. The van der Waals surface area contributed by atoms with E-state index in [1.165, 1.54) is 21.9 Å². The van der Waals surface area contributed by atoms with E-state index in [9.17, 15) is 0 Å². The van der Waals surface area contributed by atoms with Crippen LogP contribution in [0.25, 0.3) is 22.9 Å². The normalized spacial score (nSPS) is 12.7. The highest BCUT2D eigenvalue weighted by atomic mass is 32.1. The number of rotatable bonds is 0. The van der Waals surface area contributed by atoms with Gasteiger partial charge < -0.3 is 0 Å². The van der Waals surface area contributed by atoms with Crippen molar-refractivity contribution in [2.45, 2.75) is 4.90 Å². The SMILES string of the molecule is Sc1cc2c3c(cccc3c1)C=C2. The lowest BCUT2D eigenvalue weighted by Crippen LogP contribution is -1.78. The van der Waals surface area contributed by atoms with Gasteiger partial charge in [-0.25, -0.2) is 0 Å². The molecule has 0 bridgehead atoms. The second kappa shape index (κ2) is 2.39. The topological polar surface area (TPSA) is 0 Å². The van der Waals surface area contributed by atoms with Crippen LogP contribution in [0.4, 0.5) is 0 Å². The molecule has 13 heavy (non-hydrogen) atoms. The van der Waals surface area contributed by atoms with Crippen LogP contribution in [-0.4, -0.2) is 0 Å². The Morgan fingerprint density at radius 2 is 1.77 bits per heavy atom. The fraction of sp³-hybridized carbons (Fsp3) is 0. The Morgan fingerprint density at radius 1 is 0.923 bits per heavy atom. The predicted octanol–water partition coefficient (Wildman–Crippen LogP) is 3.61. The molecule has 0 aromatic heterocycles. The molecule has 0 amide bonds. The Labute approximate surface area is 82.3 Å². The summed E-state index contributed by atoms with van der Waals surface area (Å²) in [6, 6.07) is 10.6. The molecule has 2 aromatic carbocycles. The first-order valence-corrected chi connectivity index (χ1v) is 4.73. The Kier molecular flexibility index (Phi) is 1.33. The van der Waals surface area contributed by atoms with Gasteiger partial charge in [-0.2, -0.15) is 0 Å². The van der Waals surface area contributed by atoms with E-state index in [0.717, 1.165) is 4.90 Å². The van der Waals surface area contributed by atoms with Crippen LogP contribution in [0.1, 0.15) is 11.1 Å². The van der Waals surface area contributed by atoms with Crippen molar-refractivity contribution < 1.29 is 0 Å². The van der Waals surface area contributed by atoms with Gasteiger partial charge in [0.1, 0.15) is 0 Å². The third-order valence-electron chi connectivity index (χ3n) is 2.47. The Morgan fingerprint density at radius 3 is 2.69 bits per heavy atom. The van der Waals surface area contributed by atoms with Crippen LogP contribution in [-0.2, 0) is 0 Å². The highest BCUT2D eigenvalue weighted by Gasteiger charge is 2.08. The van der Waals surface area contributed by atoms with E-state index in [1.807, 2.05) is 0 Å². The fourth-order valence-corrected chi connectivity index (χ4v) is 2.20. The average molecular weight is 184 g/mol. The van der Waals surface area contributed by atoms with Gasteiger partial charge in [0.2, 0.25) is 0 Å². The summed E-state index contributed by atoms with van der Waals surface area (Å²) in [5, 5.41) is 2.64. The summed E-state index contributed by atoms with van der Waals surface area (Å²) in [5.41, 5.74) is 2.61. The lowest BCUT2D eigenvalue weighted by molar-refractivity contribution is 1.51. The van der Waals surface area contributed by atoms with Gasteiger partial charge in [-0.15, -0.1) is 12.6 Å². The van der Waals surface area contributed by atoms with Gasteiger partial charge >= 0.3 is 0 Å². The third kappa shape index (κ3) is 0.939. The molecule has 0 nitrogen and oxygen atoms in total. The number of hydrogen-bond acceptors (Lipinski definition) is 1. The van der Waals surface area contributed by atoms with Crippen molar-refractivity contribution in [3.8, 4) is 0 Å². The fourth-order valence-electron chi connectivity index (χ4n) is 1.92. The molecule has 0 heterocycles. The molecule has 0 radical (unpaired) electrons. The minimum absolute atomic E-state index is 1.03. The van der Waals surface area contributed by atoms with Crippen molar-refractivity contribution >= 4 is 35.6 Å². The zero-order chi connectivity index (χ0) is 8.84. The van der Waals surface area contributed by atoms with Crippen LogP contribution in [0.15, 0.2) is 35.2 Å². The Hall–Kier alpha value is -1.21. The molecule has 0 spiro atoms. The number of thiol groups is 1. The van der Waals surface area contributed by atoms with E-state index in [1.54, 1.807) is 0 Å². The van der Waals surface area contributed by atoms with Crippen LogP contribution in [0, 0.1) is 0 Å². The van der Waals surface area contributed by atoms with Crippen molar-refractivity contribution in [1.82, 2.24) is 0 Å². The first-order chi connectivity index (χ1) is 6.34. The van der Waals surface area contributed by atoms with Crippen LogP contribution >= 0.6 is 12.6 Å². The van der Waals surface area contributed by atoms with E-state index >= 15 is 0 Å². The van der Waals surface area contributed by atoms with Crippen LogP contribution in [0.2, 0.25) is 0 Å². The highest BCUT2D eigenvalue weighted by Crippen LogP contribution is 2.32. The van der Waals surface area contributed by atoms with Gasteiger partial charge in [0, 0.05) is 4.90 Å². The lowest BCUT2D eigenvalue weighted by Gasteiger charge is -2.02. The predicted molar refractivity (Wildman–Crippen MR) is 60.1 cm³/mol. The minimum atomic E-state index is 1.03. The molecular formula is C12H8S. The molecule has 1 aliphatic rings. The van der Waals surface area contributed by atoms with E-state index < -0.39 is 0 Å². The highest BCUT2D eigenvalue weighted by molar-refractivity contribution is 7.80. The Balaban J connectivity index is 2.59. The van der Waals surface area contributed by atoms with E-state index in [-0.39, 0.29) is 0 Å². The lowest BCUT2D eigenvalue weighted by atomic mass is 10.0. The van der Waals surface area contributed by atoms with Gasteiger partial charge in [-0.05, 0) is 34.0 Å². The number of hydrogen-bond donors (Lipinski definition) is 1. The summed E-state index contributed by atoms with van der Waals surface area (Å²) in [7, 11) is 0. The Bertz CT molecular complexity index is 524. The van der Waals surface area contributed by atoms with Crippen molar-refractivity contribution in [2.24, 2.45) is 0 Å². The molecule has 0 unspecified atom stereocenters. The molecule has 1 heteroatoms. The smallest absolute Gasteiger partial charge is 0.00523 e. The standard InChI is InChI=1S/C12H8S/c13-11-6-9-3-1-2-8-4-5-10(7-11)12(8)9/h1-7,13H. The summed E-state index contributed by atoms with van der Waals surface area (Å²) >= 11 is 4.37. The monoisotopic (exact) mass is 184 g/mol. The molecule has 0 aliphatic heterocycles. The first-order valence-electron chi connectivity index (χ1n) is 4.28. The van der Waals surface area contributed by atoms with Crippen LogP contribution in [0.5, 0.6) is 0 Å². The molecule has 1 aliphatic carbocycles. The van der Waals surface area contributed by atoms with Crippen molar-refractivity contribution in [3.05, 3.63) is 41.5 Å². The summed E-state index contributed by atoms with van der Waals surface area (Å²) in [5.74, 6) is 0. The van der Waals surface area contributed by atoms with Crippen molar-refractivity contribution in [2.75, 3.05) is 0 Å². The summed E-state index contributed by atoms with van der Waals surface area (Å²) in [6.07, 6.45) is 4.31. The van der Waals surface area contributed by atoms with E-state index in [2.05, 4.69) is 55.1 Å². The van der Waals surface area contributed by atoms with Gasteiger partial charge in [-0.3, -0.25) is 0 Å². The molecule has 3 rings (SSSR count). The summed E-state index contributed by atoms with van der Waals surface area (Å²) < 4.78 is 0. The number of benzene rings is 2. The van der Waals surface area contributed by atoms with Gasteiger partial charge in [0.05, 0.1) is 0 Å². The zero-order valence-electron chi connectivity index (χ0n) is 6.99. The molecule has 2 aromatic rings. The van der Waals surface area contributed by atoms with Crippen LogP contribution in [0.3, 0.4) is 0 Å². The molecule has 0 N–H and O–H groups in total. The van der Waals surface area contributed by atoms with E-state index in [4.69, 9.17) is 0 Å². The first kappa shape index (κ1) is 7.22. The maximum atomic E-state index is 4.37. The minimum Gasteiger partial charge on any atom is -0.143 e. The molecule has 0 saturated heterocycles. The van der Waals surface area contributed by atoms with Crippen molar-refractivity contribution in [3.63, 3.8) is 0 Å². The second-order valence-corrected chi connectivity index (χ2v) is 3.83. The quantitative estimate of drug-likeness (QED) is 0.507. The largest absolute Gasteiger partial charge is 0.143 e. The van der Waals surface area contributed by atoms with Crippen LogP contribution < -0.4 is 0 Å². The molecular weight excluding hydrogens is 176 g/mol. The maximum Gasteiger partial charge on any atom is 0.00523 e. The zero-order valence-corrected chi connectivity index (χ0v) is 7.88. The van der Waals surface area contributed by atoms with E-state index in [0.29, 0.717) is 0 Å². The summed E-state index contributed by atoms with van der Waals surface area (Å²) in [6.45, 7) is 0. The second-order valence-electron chi connectivity index (χ2n) is 3.31. The third-order valence-corrected chi connectivity index (χ3v) is 2.73. The molecule has 0 saturated carbocycles.